The van der Waals surface area contributed by atoms with Crippen molar-refractivity contribution >= 4 is 43.6 Å². The summed E-state index contributed by atoms with van der Waals surface area (Å²) in [4.78, 5) is 0. The third-order valence-electron chi connectivity index (χ3n) is 9.62. The fourth-order valence-electron chi connectivity index (χ4n) is 7.49. The van der Waals surface area contributed by atoms with Gasteiger partial charge in [-0.25, -0.2) is 0 Å². The van der Waals surface area contributed by atoms with Crippen LogP contribution in [0, 0.1) is 34.0 Å². The summed E-state index contributed by atoms with van der Waals surface area (Å²) in [5.74, 6) is 0. The Bertz CT molecular complexity index is 2920. The van der Waals surface area contributed by atoms with Gasteiger partial charge in [-0.3, -0.25) is 0 Å². The number of benzene rings is 7. The summed E-state index contributed by atoms with van der Waals surface area (Å²) in [6, 6.07) is 57.7. The van der Waals surface area contributed by atoms with Crippen LogP contribution in [0.1, 0.15) is 16.7 Å². The van der Waals surface area contributed by atoms with Gasteiger partial charge in [0.05, 0.1) is 62.7 Å². The minimum atomic E-state index is 0.530. The zero-order valence-electron chi connectivity index (χ0n) is 26.7. The second-order valence-electron chi connectivity index (χ2n) is 12.3. The first-order valence-electron chi connectivity index (χ1n) is 16.3. The highest BCUT2D eigenvalue weighted by molar-refractivity contribution is 6.11. The Balaban J connectivity index is 1.32. The average molecular weight is 636 g/mol. The summed E-state index contributed by atoms with van der Waals surface area (Å²) < 4.78 is 4.46. The predicted molar refractivity (Wildman–Crippen MR) is 200 cm³/mol. The zero-order chi connectivity index (χ0) is 33.8. The standard InChI is InChI=1S/C45H25N5/c46-26-29-19-21-37(45-32(28-48)10-8-18-44(45)50-41-16-5-1-12-34(41)35-13-2-6-17-42(35)50)38(23-29)31-9-7-11-33(25-31)49-40-15-4-3-14-36(40)39-24-30(27-47)20-22-43(39)49/h1-25H. The first kappa shape index (κ1) is 28.8. The molecular weight excluding hydrogens is 611 g/mol. The van der Waals surface area contributed by atoms with Gasteiger partial charge in [0.15, 0.2) is 0 Å². The molecule has 0 aliphatic rings. The largest absolute Gasteiger partial charge is 0.309 e. The Morgan fingerprint density at radius 2 is 0.980 bits per heavy atom. The molecule has 5 nitrogen and oxygen atoms in total. The van der Waals surface area contributed by atoms with Crippen LogP contribution in [0.4, 0.5) is 0 Å². The molecule has 0 fully saturated rings. The molecule has 0 saturated heterocycles. The van der Waals surface area contributed by atoms with E-state index in [-0.39, 0.29) is 0 Å². The van der Waals surface area contributed by atoms with Crippen molar-refractivity contribution in [1.82, 2.24) is 9.13 Å². The molecule has 9 aromatic rings. The molecule has 50 heavy (non-hydrogen) atoms. The molecule has 0 radical (unpaired) electrons. The average Bonchev–Trinajstić information content (AvgIpc) is 3.70. The SMILES string of the molecule is N#Cc1ccc(-c2c(C#N)cccc2-n2c3ccccc3c3ccccc32)c(-c2cccc(-n3c4ccccc4c4cc(C#N)ccc43)c2)c1. The van der Waals surface area contributed by atoms with E-state index in [1.54, 1.807) is 0 Å². The van der Waals surface area contributed by atoms with Crippen molar-refractivity contribution in [1.29, 1.82) is 15.8 Å². The number of fused-ring (bicyclic) bond motifs is 6. The fourth-order valence-corrected chi connectivity index (χ4v) is 7.49. The number of hydrogen-bond acceptors (Lipinski definition) is 3. The monoisotopic (exact) mass is 635 g/mol. The van der Waals surface area contributed by atoms with Crippen LogP contribution in [0.5, 0.6) is 0 Å². The van der Waals surface area contributed by atoms with Gasteiger partial charge < -0.3 is 9.13 Å². The number of para-hydroxylation sites is 3. The van der Waals surface area contributed by atoms with Crippen LogP contribution in [0.2, 0.25) is 0 Å². The lowest BCUT2D eigenvalue weighted by Crippen LogP contribution is -2.01. The van der Waals surface area contributed by atoms with Gasteiger partial charge in [0.2, 0.25) is 0 Å². The summed E-state index contributed by atoms with van der Waals surface area (Å²) in [5.41, 5.74) is 11.1. The minimum absolute atomic E-state index is 0.530. The van der Waals surface area contributed by atoms with Crippen LogP contribution in [0.25, 0.3) is 77.2 Å². The Hall–Kier alpha value is -7.39. The molecule has 0 aliphatic heterocycles. The van der Waals surface area contributed by atoms with E-state index >= 15 is 0 Å². The van der Waals surface area contributed by atoms with E-state index in [0.29, 0.717) is 16.7 Å². The molecule has 0 saturated carbocycles. The van der Waals surface area contributed by atoms with Crippen molar-refractivity contribution in [2.24, 2.45) is 0 Å². The van der Waals surface area contributed by atoms with Crippen LogP contribution in [-0.4, -0.2) is 9.13 Å². The second-order valence-corrected chi connectivity index (χ2v) is 12.3. The van der Waals surface area contributed by atoms with Crippen molar-refractivity contribution in [3.63, 3.8) is 0 Å². The third kappa shape index (κ3) is 4.31. The van der Waals surface area contributed by atoms with Gasteiger partial charge in [-0.1, -0.05) is 78.9 Å². The molecule has 0 atom stereocenters. The van der Waals surface area contributed by atoms with Crippen LogP contribution in [0.15, 0.2) is 152 Å². The first-order valence-corrected chi connectivity index (χ1v) is 16.3. The molecule has 0 unspecified atom stereocenters. The van der Waals surface area contributed by atoms with Gasteiger partial charge >= 0.3 is 0 Å². The number of rotatable bonds is 4. The summed E-state index contributed by atoms with van der Waals surface area (Å²) in [6.07, 6.45) is 0. The Kier molecular flexibility index (Phi) is 6.56. The topological polar surface area (TPSA) is 81.2 Å². The van der Waals surface area contributed by atoms with E-state index in [9.17, 15) is 15.8 Å². The molecule has 230 valence electrons. The number of nitriles is 3. The van der Waals surface area contributed by atoms with Crippen LogP contribution in [-0.2, 0) is 0 Å². The fraction of sp³-hybridized carbons (Fsp3) is 0. The molecule has 9 rings (SSSR count). The maximum absolute atomic E-state index is 10.6. The molecule has 0 bridgehead atoms. The van der Waals surface area contributed by atoms with Crippen LogP contribution < -0.4 is 0 Å². The van der Waals surface area contributed by atoms with Gasteiger partial charge in [-0.15, -0.1) is 0 Å². The first-order chi connectivity index (χ1) is 24.7. The molecule has 2 aromatic heterocycles. The lowest BCUT2D eigenvalue weighted by Gasteiger charge is -2.19. The molecule has 0 amide bonds. The molecule has 0 spiro atoms. The Labute approximate surface area is 287 Å². The second kappa shape index (κ2) is 11.4. The van der Waals surface area contributed by atoms with Crippen molar-refractivity contribution in [3.8, 4) is 51.8 Å². The molecule has 0 aliphatic carbocycles. The maximum Gasteiger partial charge on any atom is 0.0998 e. The maximum atomic E-state index is 10.6. The smallest absolute Gasteiger partial charge is 0.0998 e. The van der Waals surface area contributed by atoms with E-state index in [1.807, 2.05) is 78.9 Å². The normalized spacial score (nSPS) is 11.1. The molecular formula is C45H25N5. The number of nitrogens with zero attached hydrogens (tertiary/aromatic N) is 5. The number of aromatic nitrogens is 2. The van der Waals surface area contributed by atoms with Gasteiger partial charge in [-0.2, -0.15) is 15.8 Å². The van der Waals surface area contributed by atoms with Gasteiger partial charge in [0, 0.05) is 32.8 Å². The summed E-state index contributed by atoms with van der Waals surface area (Å²) in [7, 11) is 0. The van der Waals surface area contributed by atoms with Crippen LogP contribution >= 0.6 is 0 Å². The van der Waals surface area contributed by atoms with Crippen molar-refractivity contribution < 1.29 is 0 Å². The van der Waals surface area contributed by atoms with Crippen molar-refractivity contribution in [3.05, 3.63) is 168 Å². The third-order valence-corrected chi connectivity index (χ3v) is 9.62. The molecule has 7 aromatic carbocycles. The van der Waals surface area contributed by atoms with Gasteiger partial charge in [0.1, 0.15) is 0 Å². The van der Waals surface area contributed by atoms with Crippen molar-refractivity contribution in [2.75, 3.05) is 0 Å². The summed E-state index contributed by atoms with van der Waals surface area (Å²) >= 11 is 0. The number of hydrogen-bond donors (Lipinski definition) is 0. The summed E-state index contributed by atoms with van der Waals surface area (Å²) in [6.45, 7) is 0. The van der Waals surface area contributed by atoms with Crippen LogP contribution in [0.3, 0.4) is 0 Å². The highest BCUT2D eigenvalue weighted by Crippen LogP contribution is 2.42. The lowest BCUT2D eigenvalue weighted by molar-refractivity contribution is 1.18. The van der Waals surface area contributed by atoms with E-state index in [0.717, 1.165) is 77.2 Å². The quantitative estimate of drug-likeness (QED) is 0.193. The van der Waals surface area contributed by atoms with Gasteiger partial charge in [0.25, 0.3) is 0 Å². The van der Waals surface area contributed by atoms with E-state index < -0.39 is 0 Å². The lowest BCUT2D eigenvalue weighted by atomic mass is 9.89. The van der Waals surface area contributed by atoms with E-state index in [1.165, 1.54) is 0 Å². The van der Waals surface area contributed by atoms with E-state index in [2.05, 4.69) is 100 Å². The summed E-state index contributed by atoms with van der Waals surface area (Å²) in [5, 5.41) is 34.6. The minimum Gasteiger partial charge on any atom is -0.309 e. The highest BCUT2D eigenvalue weighted by Gasteiger charge is 2.21. The molecule has 5 heteroatoms. The highest BCUT2D eigenvalue weighted by atomic mass is 15.0. The zero-order valence-corrected chi connectivity index (χ0v) is 26.7. The Morgan fingerprint density at radius 3 is 1.66 bits per heavy atom. The van der Waals surface area contributed by atoms with Gasteiger partial charge in [-0.05, 0) is 89.5 Å². The predicted octanol–water partition coefficient (Wildman–Crippen LogP) is 10.8. The Morgan fingerprint density at radius 1 is 0.400 bits per heavy atom. The molecule has 2 heterocycles. The van der Waals surface area contributed by atoms with Crippen molar-refractivity contribution in [2.45, 2.75) is 0 Å². The molecule has 0 N–H and O–H groups in total. The van der Waals surface area contributed by atoms with E-state index in [4.69, 9.17) is 0 Å².